The van der Waals surface area contributed by atoms with Crippen molar-refractivity contribution in [1.29, 1.82) is 0 Å². The number of aliphatic hydroxyl groups is 1. The normalized spacial score (nSPS) is 19.8. The monoisotopic (exact) mass is 418 g/mol. The molecular formula is C21H26N2O5S. The third-order valence-electron chi connectivity index (χ3n) is 4.84. The van der Waals surface area contributed by atoms with E-state index in [-0.39, 0.29) is 31.0 Å². The van der Waals surface area contributed by atoms with Crippen LogP contribution in [0, 0.1) is 12.3 Å². The van der Waals surface area contributed by atoms with Crippen LogP contribution in [0.4, 0.5) is 0 Å². The number of amides is 2. The molecule has 0 aliphatic carbocycles. The molecule has 0 bridgehead atoms. The number of nitrogens with one attached hydrogen (secondary N) is 1. The molecule has 0 radical (unpaired) electrons. The number of carboxylic acid groups (broad SMARTS) is 1. The standard InChI is InChI=1S/C21H26N2O5S/c1-4-5-11-16(24)22-15(12-14-9-7-6-8-10-14)17(25)19(26)23-13-29-21(2,3)18(23)20(27)28/h1,6-10,15,17-18,25H,5,11-13H2,2-3H3,(H,22,24)(H,27,28)/t15-,17-,18+/m0/s1. The fourth-order valence-electron chi connectivity index (χ4n) is 3.30. The molecule has 1 heterocycles. The number of carbonyl (C=O) groups excluding carboxylic acids is 2. The lowest BCUT2D eigenvalue weighted by Gasteiger charge is -2.31. The van der Waals surface area contributed by atoms with E-state index in [1.54, 1.807) is 13.8 Å². The lowest BCUT2D eigenvalue weighted by Crippen LogP contribution is -2.56. The summed E-state index contributed by atoms with van der Waals surface area (Å²) in [6, 6.07) is 7.16. The van der Waals surface area contributed by atoms with Gasteiger partial charge in [-0.25, -0.2) is 4.79 Å². The second kappa shape index (κ2) is 9.81. The van der Waals surface area contributed by atoms with Crippen LogP contribution in [0.1, 0.15) is 32.3 Å². The second-order valence-electron chi connectivity index (χ2n) is 7.44. The molecule has 2 rings (SSSR count). The van der Waals surface area contributed by atoms with Gasteiger partial charge in [-0.3, -0.25) is 9.59 Å². The summed E-state index contributed by atoms with van der Waals surface area (Å²) in [5, 5.41) is 23.1. The smallest absolute Gasteiger partial charge is 0.327 e. The van der Waals surface area contributed by atoms with Crippen LogP contribution in [0.5, 0.6) is 0 Å². The number of aliphatic carboxylic acids is 1. The Labute approximate surface area is 174 Å². The Morgan fingerprint density at radius 3 is 2.59 bits per heavy atom. The van der Waals surface area contributed by atoms with Crippen molar-refractivity contribution in [2.45, 2.75) is 56.0 Å². The van der Waals surface area contributed by atoms with Gasteiger partial charge in [-0.05, 0) is 25.8 Å². The maximum atomic E-state index is 13.0. The number of carboxylic acids is 1. The van der Waals surface area contributed by atoms with E-state index >= 15 is 0 Å². The summed E-state index contributed by atoms with van der Waals surface area (Å²) in [5.74, 6) is 0.320. The number of benzene rings is 1. The Morgan fingerprint density at radius 1 is 1.34 bits per heavy atom. The van der Waals surface area contributed by atoms with Gasteiger partial charge >= 0.3 is 5.97 Å². The van der Waals surface area contributed by atoms with Gasteiger partial charge in [-0.1, -0.05) is 30.3 Å². The molecule has 7 nitrogen and oxygen atoms in total. The first-order valence-corrected chi connectivity index (χ1v) is 10.3. The molecule has 1 saturated heterocycles. The summed E-state index contributed by atoms with van der Waals surface area (Å²) in [5.41, 5.74) is 0.826. The highest BCUT2D eigenvalue weighted by atomic mass is 32.2. The van der Waals surface area contributed by atoms with E-state index in [1.807, 2.05) is 30.3 Å². The van der Waals surface area contributed by atoms with Crippen molar-refractivity contribution in [2.75, 3.05) is 5.88 Å². The Balaban J connectivity index is 2.21. The lowest BCUT2D eigenvalue weighted by atomic mass is 9.97. The predicted octanol–water partition coefficient (Wildman–Crippen LogP) is 1.25. The van der Waals surface area contributed by atoms with Crippen molar-refractivity contribution >= 4 is 29.5 Å². The molecule has 3 N–H and O–H groups in total. The maximum Gasteiger partial charge on any atom is 0.327 e. The second-order valence-corrected chi connectivity index (χ2v) is 9.04. The van der Waals surface area contributed by atoms with Gasteiger partial charge in [0.15, 0.2) is 6.10 Å². The fourth-order valence-corrected chi connectivity index (χ4v) is 4.44. The number of thioether (sulfide) groups is 1. The van der Waals surface area contributed by atoms with Gasteiger partial charge < -0.3 is 20.4 Å². The van der Waals surface area contributed by atoms with E-state index in [0.717, 1.165) is 5.56 Å². The molecule has 1 aromatic rings. The topological polar surface area (TPSA) is 107 Å². The molecule has 1 aromatic carbocycles. The number of nitrogens with zero attached hydrogens (tertiary/aromatic N) is 1. The Kier molecular flexibility index (Phi) is 7.71. The number of rotatable bonds is 8. The van der Waals surface area contributed by atoms with Crippen molar-refractivity contribution in [1.82, 2.24) is 10.2 Å². The summed E-state index contributed by atoms with van der Waals surface area (Å²) < 4.78 is -0.688. The first-order valence-electron chi connectivity index (χ1n) is 9.29. The van der Waals surface area contributed by atoms with Crippen LogP contribution in [0.2, 0.25) is 0 Å². The van der Waals surface area contributed by atoms with E-state index in [9.17, 15) is 24.6 Å². The molecule has 3 atom stereocenters. The Bertz CT molecular complexity index is 790. The summed E-state index contributed by atoms with van der Waals surface area (Å²) >= 11 is 1.33. The van der Waals surface area contributed by atoms with Crippen LogP contribution in [0.3, 0.4) is 0 Å². The summed E-state index contributed by atoms with van der Waals surface area (Å²) in [4.78, 5) is 38.1. The van der Waals surface area contributed by atoms with Gasteiger partial charge in [-0.2, -0.15) is 0 Å². The summed E-state index contributed by atoms with van der Waals surface area (Å²) in [7, 11) is 0. The van der Waals surface area contributed by atoms with E-state index in [4.69, 9.17) is 6.42 Å². The van der Waals surface area contributed by atoms with Crippen LogP contribution in [0.15, 0.2) is 30.3 Å². The molecule has 8 heteroatoms. The van der Waals surface area contributed by atoms with E-state index in [2.05, 4.69) is 11.2 Å². The molecule has 2 amide bonds. The zero-order valence-corrected chi connectivity index (χ0v) is 17.3. The van der Waals surface area contributed by atoms with Crippen LogP contribution >= 0.6 is 11.8 Å². The summed E-state index contributed by atoms with van der Waals surface area (Å²) in [6.07, 6.45) is 4.15. The molecular weight excluding hydrogens is 392 g/mol. The molecule has 29 heavy (non-hydrogen) atoms. The molecule has 0 unspecified atom stereocenters. The Morgan fingerprint density at radius 2 is 2.00 bits per heavy atom. The van der Waals surface area contributed by atoms with E-state index < -0.39 is 34.8 Å². The van der Waals surface area contributed by atoms with Crippen molar-refractivity contribution in [3.8, 4) is 12.3 Å². The highest BCUT2D eigenvalue weighted by Gasteiger charge is 2.50. The molecule has 0 saturated carbocycles. The minimum Gasteiger partial charge on any atom is -0.480 e. The van der Waals surface area contributed by atoms with E-state index in [1.165, 1.54) is 16.7 Å². The van der Waals surface area contributed by atoms with Crippen molar-refractivity contribution in [2.24, 2.45) is 0 Å². The van der Waals surface area contributed by atoms with Crippen LogP contribution in [0.25, 0.3) is 0 Å². The number of aliphatic hydroxyl groups excluding tert-OH is 1. The summed E-state index contributed by atoms with van der Waals surface area (Å²) in [6.45, 7) is 3.50. The van der Waals surface area contributed by atoms with Gasteiger partial charge in [-0.15, -0.1) is 24.1 Å². The van der Waals surface area contributed by atoms with Crippen LogP contribution in [-0.2, 0) is 20.8 Å². The van der Waals surface area contributed by atoms with Gasteiger partial charge in [0.1, 0.15) is 6.04 Å². The largest absolute Gasteiger partial charge is 0.480 e. The molecule has 0 spiro atoms. The Hall–Kier alpha value is -2.50. The lowest BCUT2D eigenvalue weighted by molar-refractivity contribution is -0.154. The maximum absolute atomic E-state index is 13.0. The zero-order chi connectivity index (χ0) is 21.6. The average Bonchev–Trinajstić information content (AvgIpc) is 3.00. The van der Waals surface area contributed by atoms with Crippen molar-refractivity contribution < 1.29 is 24.6 Å². The molecule has 156 valence electrons. The van der Waals surface area contributed by atoms with Gasteiger partial charge in [0, 0.05) is 17.6 Å². The van der Waals surface area contributed by atoms with E-state index in [0.29, 0.717) is 0 Å². The predicted molar refractivity (Wildman–Crippen MR) is 111 cm³/mol. The highest BCUT2D eigenvalue weighted by molar-refractivity contribution is 8.00. The van der Waals surface area contributed by atoms with Crippen molar-refractivity contribution in [3.63, 3.8) is 0 Å². The van der Waals surface area contributed by atoms with Gasteiger partial charge in [0.25, 0.3) is 5.91 Å². The molecule has 1 aliphatic rings. The fraction of sp³-hybridized carbons (Fsp3) is 0.476. The number of hydrogen-bond donors (Lipinski definition) is 3. The third-order valence-corrected chi connectivity index (χ3v) is 6.21. The number of carbonyl (C=O) groups is 3. The minimum absolute atomic E-state index is 0.0764. The number of terminal acetylenes is 1. The first-order chi connectivity index (χ1) is 13.7. The minimum atomic E-state index is -1.58. The molecule has 1 aliphatic heterocycles. The van der Waals surface area contributed by atoms with Gasteiger partial charge in [0.05, 0.1) is 11.9 Å². The van der Waals surface area contributed by atoms with Crippen LogP contribution in [-0.4, -0.2) is 61.7 Å². The average molecular weight is 419 g/mol. The number of hydrogen-bond acceptors (Lipinski definition) is 5. The van der Waals surface area contributed by atoms with Gasteiger partial charge in [0.2, 0.25) is 5.91 Å². The van der Waals surface area contributed by atoms with Crippen LogP contribution < -0.4 is 5.32 Å². The quantitative estimate of drug-likeness (QED) is 0.549. The van der Waals surface area contributed by atoms with Crippen molar-refractivity contribution in [3.05, 3.63) is 35.9 Å². The molecule has 1 fully saturated rings. The molecule has 0 aromatic heterocycles. The third kappa shape index (κ3) is 5.75. The first kappa shape index (κ1) is 22.8. The zero-order valence-electron chi connectivity index (χ0n) is 16.5. The highest BCUT2D eigenvalue weighted by Crippen LogP contribution is 2.39. The SMILES string of the molecule is C#CCCC(=O)N[C@@H](Cc1ccccc1)[C@H](O)C(=O)N1CSC(C)(C)[C@H]1C(=O)O.